The smallest absolute Gasteiger partial charge is 0.373 e. The number of aliphatic imine (C=N–C) groups is 2. The quantitative estimate of drug-likeness (QED) is 0.618. The molecule has 0 unspecified atom stereocenters. The first kappa shape index (κ1) is 8.86. The fourth-order valence-corrected chi connectivity index (χ4v) is 0.952. The monoisotopic (exact) mass is 169 g/mol. The Labute approximate surface area is 70.4 Å². The third-order valence-corrected chi connectivity index (χ3v) is 1.37. The van der Waals surface area contributed by atoms with E-state index in [1.807, 2.05) is 19.0 Å². The number of hydrogen-bond donors (Lipinski definition) is 1. The predicted molar refractivity (Wildman–Crippen MR) is 45.9 cm³/mol. The summed E-state index contributed by atoms with van der Waals surface area (Å²) in [6.45, 7) is 1.08. The van der Waals surface area contributed by atoms with Crippen LogP contribution in [-0.2, 0) is 4.79 Å². The third-order valence-electron chi connectivity index (χ3n) is 1.37. The number of carbonyl (C=O) groups is 1. The molecule has 0 aromatic rings. The van der Waals surface area contributed by atoms with Gasteiger partial charge in [-0.1, -0.05) is 0 Å². The van der Waals surface area contributed by atoms with E-state index < -0.39 is 5.97 Å². The Morgan fingerprint density at radius 1 is 1.67 bits per heavy atom. The molecule has 0 aliphatic carbocycles. The number of rotatable bonds is 3. The van der Waals surface area contributed by atoms with Crippen molar-refractivity contribution in [2.75, 3.05) is 27.2 Å². The lowest BCUT2D eigenvalue weighted by molar-refractivity contribution is -0.129. The zero-order valence-corrected chi connectivity index (χ0v) is 7.11. The van der Waals surface area contributed by atoms with Crippen LogP contribution in [0.25, 0.3) is 0 Å². The first-order valence-corrected chi connectivity index (χ1v) is 3.58. The van der Waals surface area contributed by atoms with E-state index in [2.05, 4.69) is 9.98 Å². The van der Waals surface area contributed by atoms with E-state index in [0.29, 0.717) is 13.1 Å². The second-order valence-electron chi connectivity index (χ2n) is 2.86. The van der Waals surface area contributed by atoms with Gasteiger partial charge in [0.2, 0.25) is 5.84 Å². The molecule has 5 nitrogen and oxygen atoms in total. The minimum Gasteiger partial charge on any atom is -0.475 e. The summed E-state index contributed by atoms with van der Waals surface area (Å²) in [5, 5.41) is 8.51. The Bertz CT molecular complexity index is 255. The fourth-order valence-electron chi connectivity index (χ4n) is 0.952. The summed E-state index contributed by atoms with van der Waals surface area (Å²) in [6, 6.07) is 0. The van der Waals surface area contributed by atoms with Gasteiger partial charge < -0.3 is 10.0 Å². The van der Waals surface area contributed by atoms with Crippen LogP contribution in [0, 0.1) is 0 Å². The van der Waals surface area contributed by atoms with Crippen molar-refractivity contribution in [3.63, 3.8) is 0 Å². The zero-order chi connectivity index (χ0) is 9.14. The Kier molecular flexibility index (Phi) is 2.54. The molecule has 0 amide bonds. The molecule has 1 N–H and O–H groups in total. The highest BCUT2D eigenvalue weighted by atomic mass is 16.4. The molecule has 0 radical (unpaired) electrons. The molecule has 1 aliphatic rings. The van der Waals surface area contributed by atoms with Crippen molar-refractivity contribution in [3.05, 3.63) is 0 Å². The van der Waals surface area contributed by atoms with Crippen molar-refractivity contribution in [2.45, 2.75) is 0 Å². The van der Waals surface area contributed by atoms with E-state index in [1.165, 1.54) is 0 Å². The van der Waals surface area contributed by atoms with Crippen molar-refractivity contribution in [1.29, 1.82) is 0 Å². The molecule has 0 saturated heterocycles. The van der Waals surface area contributed by atoms with Gasteiger partial charge in [-0.3, -0.25) is 4.99 Å². The zero-order valence-electron chi connectivity index (χ0n) is 7.11. The Hall–Kier alpha value is -1.23. The fraction of sp³-hybridized carbons (Fsp3) is 0.571. The van der Waals surface area contributed by atoms with Crippen LogP contribution in [0.4, 0.5) is 0 Å². The van der Waals surface area contributed by atoms with Gasteiger partial charge in [-0.05, 0) is 14.1 Å². The van der Waals surface area contributed by atoms with Crippen molar-refractivity contribution in [3.8, 4) is 0 Å². The van der Waals surface area contributed by atoms with E-state index in [1.54, 1.807) is 0 Å². The van der Waals surface area contributed by atoms with Gasteiger partial charge in [-0.25, -0.2) is 9.79 Å². The largest absolute Gasteiger partial charge is 0.475 e. The number of nitrogens with zero attached hydrogens (tertiary/aromatic N) is 3. The first-order valence-electron chi connectivity index (χ1n) is 3.58. The molecule has 12 heavy (non-hydrogen) atoms. The number of aliphatic carboxylic acids is 1. The molecule has 0 fully saturated rings. The van der Waals surface area contributed by atoms with Crippen molar-refractivity contribution in [1.82, 2.24) is 4.90 Å². The summed E-state index contributed by atoms with van der Waals surface area (Å²) in [7, 11) is 3.81. The molecule has 0 aromatic heterocycles. The van der Waals surface area contributed by atoms with Gasteiger partial charge in [0.25, 0.3) is 0 Å². The summed E-state index contributed by atoms with van der Waals surface area (Å²) < 4.78 is 0. The molecule has 1 heterocycles. The lowest BCUT2D eigenvalue weighted by Gasteiger charge is -2.07. The molecular weight excluding hydrogens is 158 g/mol. The summed E-state index contributed by atoms with van der Waals surface area (Å²) in [5.74, 6) is -1.13. The van der Waals surface area contributed by atoms with E-state index in [0.717, 1.165) is 5.71 Å². The Morgan fingerprint density at radius 3 is 2.75 bits per heavy atom. The molecule has 1 rings (SSSR count). The molecule has 66 valence electrons. The highest BCUT2D eigenvalue weighted by Gasteiger charge is 2.15. The van der Waals surface area contributed by atoms with Gasteiger partial charge in [0.05, 0.1) is 12.3 Å². The summed E-state index contributed by atoms with van der Waals surface area (Å²) >= 11 is 0. The standard InChI is InChI=1S/C7H11N3O2/c1-10(2)4-5-3-8-6(9-5)7(11)12/h3-4H2,1-2H3,(H,11,12). The van der Waals surface area contributed by atoms with Crippen LogP contribution in [-0.4, -0.2) is 54.7 Å². The van der Waals surface area contributed by atoms with Crippen molar-refractivity contribution < 1.29 is 9.90 Å². The number of carboxylic acids is 1. The summed E-state index contributed by atoms with van der Waals surface area (Å²) in [4.78, 5) is 19.9. The van der Waals surface area contributed by atoms with E-state index in [9.17, 15) is 4.79 Å². The molecule has 0 saturated carbocycles. The van der Waals surface area contributed by atoms with Gasteiger partial charge in [0.15, 0.2) is 0 Å². The van der Waals surface area contributed by atoms with E-state index >= 15 is 0 Å². The van der Waals surface area contributed by atoms with Gasteiger partial charge >= 0.3 is 5.97 Å². The molecular formula is C7H11N3O2. The highest BCUT2D eigenvalue weighted by molar-refractivity contribution is 6.38. The highest BCUT2D eigenvalue weighted by Crippen LogP contribution is 1.97. The van der Waals surface area contributed by atoms with Crippen LogP contribution in [0.2, 0.25) is 0 Å². The average molecular weight is 169 g/mol. The topological polar surface area (TPSA) is 65.3 Å². The second-order valence-corrected chi connectivity index (χ2v) is 2.86. The molecule has 0 spiro atoms. The minimum atomic E-state index is -1.05. The normalized spacial score (nSPS) is 16.2. The lowest BCUT2D eigenvalue weighted by atomic mass is 10.4. The van der Waals surface area contributed by atoms with Crippen LogP contribution >= 0.6 is 0 Å². The maximum atomic E-state index is 10.4. The lowest BCUT2D eigenvalue weighted by Crippen LogP contribution is -2.22. The van der Waals surface area contributed by atoms with Crippen molar-refractivity contribution >= 4 is 17.5 Å². The van der Waals surface area contributed by atoms with Crippen molar-refractivity contribution in [2.24, 2.45) is 9.98 Å². The maximum absolute atomic E-state index is 10.4. The average Bonchev–Trinajstić information content (AvgIpc) is 2.34. The Balaban J connectivity index is 2.55. The number of hydrogen-bond acceptors (Lipinski definition) is 4. The van der Waals surface area contributed by atoms with Crippen LogP contribution < -0.4 is 0 Å². The summed E-state index contributed by atoms with van der Waals surface area (Å²) in [6.07, 6.45) is 0. The third kappa shape index (κ3) is 2.13. The molecule has 0 atom stereocenters. The Morgan fingerprint density at radius 2 is 2.33 bits per heavy atom. The van der Waals surface area contributed by atoms with E-state index in [4.69, 9.17) is 5.11 Å². The second kappa shape index (κ2) is 3.44. The first-order chi connectivity index (χ1) is 5.59. The maximum Gasteiger partial charge on any atom is 0.373 e. The van der Waals surface area contributed by atoms with Gasteiger partial charge in [-0.15, -0.1) is 0 Å². The molecule has 1 aliphatic heterocycles. The van der Waals surface area contributed by atoms with E-state index in [-0.39, 0.29) is 5.84 Å². The SMILES string of the molecule is CN(C)CC1=NC(C(=O)O)=NC1. The van der Waals surface area contributed by atoms with Gasteiger partial charge in [0, 0.05) is 6.54 Å². The molecule has 0 bridgehead atoms. The molecule has 0 aromatic carbocycles. The van der Waals surface area contributed by atoms with Crippen LogP contribution in [0.3, 0.4) is 0 Å². The van der Waals surface area contributed by atoms with Crippen LogP contribution in [0.1, 0.15) is 0 Å². The molecule has 5 heteroatoms. The number of carboxylic acid groups (broad SMARTS) is 1. The number of amidine groups is 1. The van der Waals surface area contributed by atoms with Crippen LogP contribution in [0.5, 0.6) is 0 Å². The minimum absolute atomic E-state index is 0.0770. The predicted octanol–water partition coefficient (Wildman–Crippen LogP) is -0.514. The van der Waals surface area contributed by atoms with Gasteiger partial charge in [0.1, 0.15) is 0 Å². The van der Waals surface area contributed by atoms with Crippen LogP contribution in [0.15, 0.2) is 9.98 Å². The van der Waals surface area contributed by atoms with Gasteiger partial charge in [-0.2, -0.15) is 0 Å². The summed E-state index contributed by atoms with van der Waals surface area (Å²) in [5.41, 5.74) is 0.803.